The van der Waals surface area contributed by atoms with Crippen molar-refractivity contribution >= 4 is 16.9 Å². The van der Waals surface area contributed by atoms with Crippen LogP contribution in [0.15, 0.2) is 47.4 Å². The van der Waals surface area contributed by atoms with E-state index >= 15 is 0 Å². The van der Waals surface area contributed by atoms with Crippen molar-refractivity contribution in [3.63, 3.8) is 0 Å². The molecule has 2 aromatic heterocycles. The first-order chi connectivity index (χ1) is 14.9. The molecule has 0 saturated heterocycles. The van der Waals surface area contributed by atoms with E-state index < -0.39 is 5.82 Å². The van der Waals surface area contributed by atoms with Gasteiger partial charge in [0.1, 0.15) is 7.11 Å². The van der Waals surface area contributed by atoms with E-state index in [0.717, 1.165) is 32.4 Å². The number of benzene rings is 1. The Hall–Kier alpha value is -3.20. The normalized spacial score (nSPS) is 11.6. The number of imidazole rings is 1. The van der Waals surface area contributed by atoms with Gasteiger partial charge in [0, 0.05) is 12.0 Å². The number of fused-ring (bicyclic) bond motifs is 1. The number of amides is 1. The Kier molecular flexibility index (Phi) is 9.20. The molecule has 31 heavy (non-hydrogen) atoms. The van der Waals surface area contributed by atoms with Crippen molar-refractivity contribution in [2.45, 2.75) is 33.1 Å². The summed E-state index contributed by atoms with van der Waals surface area (Å²) in [5, 5.41) is 3.25. The molecular formula is C22H31FN5O3+. The summed E-state index contributed by atoms with van der Waals surface area (Å²) in [4.78, 5) is 30.6. The van der Waals surface area contributed by atoms with Gasteiger partial charge in [-0.15, -0.1) is 4.57 Å². The van der Waals surface area contributed by atoms with Crippen molar-refractivity contribution in [2.24, 2.45) is 11.7 Å². The van der Waals surface area contributed by atoms with Gasteiger partial charge in [0.05, 0.1) is 5.52 Å². The predicted molar refractivity (Wildman–Crippen MR) is 117 cm³/mol. The molecule has 0 fully saturated rings. The minimum atomic E-state index is -0.446. The van der Waals surface area contributed by atoms with Crippen molar-refractivity contribution in [3.8, 4) is 5.82 Å². The van der Waals surface area contributed by atoms with Gasteiger partial charge in [-0.25, -0.2) is 9.18 Å². The number of hydrogen-bond donors (Lipinski definition) is 3. The summed E-state index contributed by atoms with van der Waals surface area (Å²) in [6.07, 6.45) is 4.02. The van der Waals surface area contributed by atoms with E-state index in [9.17, 15) is 14.0 Å². The number of carbonyl (C=O) groups excluding carboxylic acids is 1. The minimum Gasteiger partial charge on any atom is -0.369 e. The van der Waals surface area contributed by atoms with E-state index in [1.165, 1.54) is 34.7 Å². The van der Waals surface area contributed by atoms with Crippen LogP contribution in [0, 0.1) is 11.7 Å². The third kappa shape index (κ3) is 6.39. The molecule has 2 heterocycles. The average molecular weight is 433 g/mol. The number of H-pyrrole nitrogens is 1. The first-order valence-electron chi connectivity index (χ1n) is 10.4. The fraction of sp³-hybridized carbons (Fsp3) is 0.409. The molecule has 8 nitrogen and oxygen atoms in total. The van der Waals surface area contributed by atoms with Gasteiger partial charge in [0.15, 0.2) is 17.5 Å². The Labute approximate surface area is 180 Å². The van der Waals surface area contributed by atoms with E-state index in [1.54, 1.807) is 12.1 Å². The molecule has 1 aromatic carbocycles. The van der Waals surface area contributed by atoms with Crippen LogP contribution >= 0.6 is 0 Å². The van der Waals surface area contributed by atoms with Gasteiger partial charge in [0.25, 0.3) is 0 Å². The molecular weight excluding hydrogens is 401 g/mol. The van der Waals surface area contributed by atoms with Crippen molar-refractivity contribution < 1.29 is 18.8 Å². The van der Waals surface area contributed by atoms with Crippen molar-refractivity contribution in [3.05, 3.63) is 58.9 Å². The molecule has 1 unspecified atom stereocenters. The predicted octanol–water partition coefficient (Wildman–Crippen LogP) is 1.69. The van der Waals surface area contributed by atoms with Gasteiger partial charge in [-0.2, -0.15) is 0 Å². The van der Waals surface area contributed by atoms with Crippen molar-refractivity contribution in [2.75, 3.05) is 20.2 Å². The van der Waals surface area contributed by atoms with Gasteiger partial charge in [-0.1, -0.05) is 26.0 Å². The third-order valence-electron chi connectivity index (χ3n) is 4.86. The molecule has 168 valence electrons. The first-order valence-corrected chi connectivity index (χ1v) is 10.4. The van der Waals surface area contributed by atoms with Crippen LogP contribution in [-0.4, -0.2) is 35.7 Å². The Morgan fingerprint density at radius 2 is 2.00 bits per heavy atom. The lowest BCUT2D eigenvalue weighted by atomic mass is 10.0. The SMILES string of the molecule is CCCNCCC(CC)C(N)=O.CO[n+]1cc(F)ccc1-n1c(=O)[nH]c2ccccc21. The Balaban J connectivity index is 0.000000248. The largest absolute Gasteiger partial charge is 0.418 e. The molecule has 9 heteroatoms. The van der Waals surface area contributed by atoms with Crippen LogP contribution < -0.4 is 26.3 Å². The second-order valence-corrected chi connectivity index (χ2v) is 7.04. The number of halogens is 1. The van der Waals surface area contributed by atoms with Crippen LogP contribution in [-0.2, 0) is 4.79 Å². The number of nitrogens with zero attached hydrogens (tertiary/aromatic N) is 2. The fourth-order valence-electron chi connectivity index (χ4n) is 3.18. The zero-order valence-corrected chi connectivity index (χ0v) is 18.2. The van der Waals surface area contributed by atoms with Crippen LogP contribution in [0.3, 0.4) is 0 Å². The highest BCUT2D eigenvalue weighted by molar-refractivity contribution is 5.77. The number of hydrogen-bond acceptors (Lipinski definition) is 4. The van der Waals surface area contributed by atoms with Crippen LogP contribution in [0.2, 0.25) is 0 Å². The zero-order chi connectivity index (χ0) is 22.8. The molecule has 0 aliphatic heterocycles. The number of primary amides is 1. The number of nitrogens with one attached hydrogen (secondary N) is 2. The lowest BCUT2D eigenvalue weighted by Crippen LogP contribution is -2.46. The maximum Gasteiger partial charge on any atom is 0.418 e. The number of carbonyl (C=O) groups is 1. The summed E-state index contributed by atoms with van der Waals surface area (Å²) in [5.74, 6) is -0.144. The summed E-state index contributed by atoms with van der Waals surface area (Å²) in [6, 6.07) is 10.0. The first kappa shape index (κ1) is 24.1. The second-order valence-electron chi connectivity index (χ2n) is 7.04. The molecule has 0 aliphatic rings. The Morgan fingerprint density at radius 3 is 2.65 bits per heavy atom. The third-order valence-corrected chi connectivity index (χ3v) is 4.86. The van der Waals surface area contributed by atoms with E-state index in [4.69, 9.17) is 10.6 Å². The van der Waals surface area contributed by atoms with Gasteiger partial charge in [-0.3, -0.25) is 9.78 Å². The fourth-order valence-corrected chi connectivity index (χ4v) is 3.18. The smallest absolute Gasteiger partial charge is 0.369 e. The molecule has 4 N–H and O–H groups in total. The highest BCUT2D eigenvalue weighted by Crippen LogP contribution is 2.12. The zero-order valence-electron chi connectivity index (χ0n) is 18.2. The maximum atomic E-state index is 13.2. The van der Waals surface area contributed by atoms with E-state index in [0.29, 0.717) is 16.9 Å². The quantitative estimate of drug-likeness (QED) is 0.353. The Morgan fingerprint density at radius 1 is 1.26 bits per heavy atom. The number of aromatic amines is 1. The van der Waals surface area contributed by atoms with Crippen LogP contribution in [0.4, 0.5) is 4.39 Å². The van der Waals surface area contributed by atoms with Crippen molar-refractivity contribution in [1.82, 2.24) is 14.9 Å². The summed E-state index contributed by atoms with van der Waals surface area (Å²) >= 11 is 0. The second kappa shape index (κ2) is 11.8. The van der Waals surface area contributed by atoms with Gasteiger partial charge < -0.3 is 15.9 Å². The molecule has 0 saturated carbocycles. The number of pyridine rings is 1. The molecule has 0 spiro atoms. The maximum absolute atomic E-state index is 13.2. The van der Waals surface area contributed by atoms with Gasteiger partial charge in [-0.05, 0) is 55.3 Å². The lowest BCUT2D eigenvalue weighted by Gasteiger charge is -2.10. The lowest BCUT2D eigenvalue weighted by molar-refractivity contribution is -0.881. The molecule has 3 aromatic rings. The topological polar surface area (TPSA) is 106 Å². The standard InChI is InChI=1S/C13H10FN3O2.C9H20N2O/c1-19-16-8-9(14)6-7-12(16)17-11-5-3-2-4-10(11)15-13(17)18;1-3-6-11-7-5-8(4-2)9(10)12/h2-8H,1H3;8,11H,3-7H2,1-2H3,(H2,10,12)/p+1. The van der Waals surface area contributed by atoms with E-state index in [1.807, 2.05) is 19.1 Å². The van der Waals surface area contributed by atoms with Crippen LogP contribution in [0.25, 0.3) is 16.9 Å². The molecule has 3 rings (SSSR count). The van der Waals surface area contributed by atoms with E-state index in [-0.39, 0.29) is 17.5 Å². The molecule has 0 radical (unpaired) electrons. The van der Waals surface area contributed by atoms with E-state index in [2.05, 4.69) is 17.2 Å². The highest BCUT2D eigenvalue weighted by Gasteiger charge is 2.21. The molecule has 0 bridgehead atoms. The van der Waals surface area contributed by atoms with Crippen LogP contribution in [0.5, 0.6) is 0 Å². The number of para-hydroxylation sites is 2. The average Bonchev–Trinajstić information content (AvgIpc) is 3.09. The minimum absolute atomic E-state index is 0.0503. The van der Waals surface area contributed by atoms with Crippen LogP contribution in [0.1, 0.15) is 33.1 Å². The number of aromatic nitrogens is 3. The number of rotatable bonds is 9. The summed E-state index contributed by atoms with van der Waals surface area (Å²) in [6.45, 7) is 6.04. The van der Waals surface area contributed by atoms with Gasteiger partial charge in [0.2, 0.25) is 5.91 Å². The molecule has 0 aliphatic carbocycles. The molecule has 1 amide bonds. The summed E-state index contributed by atoms with van der Waals surface area (Å²) in [5.41, 5.74) is 6.30. The molecule has 1 atom stereocenters. The summed E-state index contributed by atoms with van der Waals surface area (Å²) < 4.78 is 15.8. The number of nitrogens with two attached hydrogens (primary N) is 1. The Bertz CT molecular complexity index is 1050. The highest BCUT2D eigenvalue weighted by atomic mass is 19.1. The summed E-state index contributed by atoms with van der Waals surface area (Å²) in [7, 11) is 1.41. The van der Waals surface area contributed by atoms with Crippen molar-refractivity contribution in [1.29, 1.82) is 0 Å². The monoisotopic (exact) mass is 432 g/mol. The van der Waals surface area contributed by atoms with Gasteiger partial charge >= 0.3 is 11.5 Å².